The summed E-state index contributed by atoms with van der Waals surface area (Å²) in [7, 11) is 0. The minimum Gasteiger partial charge on any atom is -0.493 e. The summed E-state index contributed by atoms with van der Waals surface area (Å²) in [5.74, 6) is 0.733. The molecule has 1 aromatic rings. The highest BCUT2D eigenvalue weighted by molar-refractivity contribution is 5.26. The predicted molar refractivity (Wildman–Crippen MR) is 57.5 cm³/mol. The summed E-state index contributed by atoms with van der Waals surface area (Å²) in [6.45, 7) is 0.732. The van der Waals surface area contributed by atoms with Crippen molar-refractivity contribution in [3.8, 4) is 5.75 Å². The third-order valence-electron chi connectivity index (χ3n) is 2.10. The lowest BCUT2D eigenvalue weighted by molar-refractivity contribution is 0.146. The molecule has 1 atom stereocenters. The zero-order chi connectivity index (χ0) is 11.1. The maximum absolute atomic E-state index is 9.18. The summed E-state index contributed by atoms with van der Waals surface area (Å²) in [5, 5.41) is 18.0. The van der Waals surface area contributed by atoms with Crippen LogP contribution in [0.4, 0.5) is 0 Å². The van der Waals surface area contributed by atoms with Crippen molar-refractivity contribution in [2.75, 3.05) is 13.2 Å². The van der Waals surface area contributed by atoms with E-state index in [0.717, 1.165) is 11.3 Å². The fraction of sp³-hybridized carbons (Fsp3) is 0.455. The smallest absolute Gasteiger partial charge is 0.119 e. The Bertz CT molecular complexity index is 274. The second-order valence-electron chi connectivity index (χ2n) is 3.33. The Morgan fingerprint density at radius 3 is 2.47 bits per heavy atom. The molecule has 0 amide bonds. The van der Waals surface area contributed by atoms with Gasteiger partial charge in [-0.3, -0.25) is 0 Å². The van der Waals surface area contributed by atoms with E-state index in [1.807, 2.05) is 0 Å². The molecule has 0 aliphatic heterocycles. The Hall–Kier alpha value is -1.10. The van der Waals surface area contributed by atoms with Gasteiger partial charge in [-0.15, -0.1) is 0 Å². The van der Waals surface area contributed by atoms with Crippen molar-refractivity contribution in [1.82, 2.24) is 0 Å². The van der Waals surface area contributed by atoms with Crippen molar-refractivity contribution < 1.29 is 14.9 Å². The first-order chi connectivity index (χ1) is 7.26. The Morgan fingerprint density at radius 1 is 1.27 bits per heavy atom. The van der Waals surface area contributed by atoms with Gasteiger partial charge in [0.1, 0.15) is 5.75 Å². The zero-order valence-electron chi connectivity index (χ0n) is 8.60. The lowest BCUT2D eigenvalue weighted by Gasteiger charge is -2.09. The lowest BCUT2D eigenvalue weighted by atomic mass is 10.2. The molecule has 84 valence electrons. The van der Waals surface area contributed by atoms with Crippen molar-refractivity contribution in [3.05, 3.63) is 29.8 Å². The molecule has 0 radical (unpaired) electrons. The average Bonchev–Trinajstić information content (AvgIpc) is 2.29. The molecule has 0 aliphatic carbocycles. The highest BCUT2D eigenvalue weighted by Gasteiger charge is 2.01. The minimum atomic E-state index is -0.498. The summed E-state index contributed by atoms with van der Waals surface area (Å²) in [6.07, 6.45) is 0.0276. The quantitative estimate of drug-likeness (QED) is 0.631. The fourth-order valence-electron chi connectivity index (χ4n) is 1.12. The topological polar surface area (TPSA) is 75.7 Å². The third kappa shape index (κ3) is 4.29. The molecule has 1 rings (SSSR count). The van der Waals surface area contributed by atoms with Crippen LogP contribution in [0.15, 0.2) is 24.3 Å². The Balaban J connectivity index is 2.31. The second kappa shape index (κ2) is 6.40. The monoisotopic (exact) mass is 211 g/mol. The van der Waals surface area contributed by atoms with Gasteiger partial charge in [-0.2, -0.15) is 0 Å². The summed E-state index contributed by atoms with van der Waals surface area (Å²) in [4.78, 5) is 0. The number of hydrogen-bond acceptors (Lipinski definition) is 4. The average molecular weight is 211 g/mol. The molecule has 4 nitrogen and oxygen atoms in total. The van der Waals surface area contributed by atoms with Crippen molar-refractivity contribution in [2.45, 2.75) is 19.1 Å². The van der Waals surface area contributed by atoms with E-state index in [0.29, 0.717) is 13.0 Å². The van der Waals surface area contributed by atoms with Crippen LogP contribution < -0.4 is 10.5 Å². The molecule has 0 spiro atoms. The van der Waals surface area contributed by atoms with E-state index >= 15 is 0 Å². The Labute approximate surface area is 89.3 Å². The number of aliphatic hydroxyl groups excluding tert-OH is 2. The van der Waals surface area contributed by atoms with Crippen molar-refractivity contribution >= 4 is 0 Å². The van der Waals surface area contributed by atoms with E-state index in [2.05, 4.69) is 0 Å². The molecule has 0 fully saturated rings. The van der Waals surface area contributed by atoms with Crippen LogP contribution in [0.3, 0.4) is 0 Å². The van der Waals surface area contributed by atoms with Gasteiger partial charge in [-0.25, -0.2) is 0 Å². The van der Waals surface area contributed by atoms with Crippen molar-refractivity contribution in [2.24, 2.45) is 5.73 Å². The van der Waals surface area contributed by atoms with Gasteiger partial charge in [-0.1, -0.05) is 12.1 Å². The SMILES string of the molecule is NCC(O)CCOc1ccc(CO)cc1. The molecule has 0 saturated heterocycles. The first-order valence-electron chi connectivity index (χ1n) is 4.97. The number of ether oxygens (including phenoxy) is 1. The van der Waals surface area contributed by atoms with Crippen LogP contribution in [0.1, 0.15) is 12.0 Å². The van der Waals surface area contributed by atoms with Gasteiger partial charge in [0.05, 0.1) is 19.3 Å². The highest BCUT2D eigenvalue weighted by atomic mass is 16.5. The summed E-state index contributed by atoms with van der Waals surface area (Å²) in [6, 6.07) is 7.18. The molecule has 4 N–H and O–H groups in total. The van der Waals surface area contributed by atoms with Crippen LogP contribution in [-0.2, 0) is 6.61 Å². The molecule has 1 unspecified atom stereocenters. The molecule has 0 saturated carbocycles. The van der Waals surface area contributed by atoms with Crippen LogP contribution in [0.2, 0.25) is 0 Å². The van der Waals surface area contributed by atoms with E-state index in [9.17, 15) is 5.11 Å². The number of rotatable bonds is 6. The van der Waals surface area contributed by atoms with E-state index in [1.165, 1.54) is 0 Å². The third-order valence-corrected chi connectivity index (χ3v) is 2.10. The van der Waals surface area contributed by atoms with Gasteiger partial charge in [0, 0.05) is 13.0 Å². The molecule has 0 heterocycles. The Morgan fingerprint density at radius 2 is 1.93 bits per heavy atom. The van der Waals surface area contributed by atoms with Crippen LogP contribution in [-0.4, -0.2) is 29.5 Å². The number of aliphatic hydroxyl groups is 2. The number of benzene rings is 1. The van der Waals surface area contributed by atoms with Gasteiger partial charge in [0.25, 0.3) is 0 Å². The zero-order valence-corrected chi connectivity index (χ0v) is 8.60. The molecular weight excluding hydrogens is 194 g/mol. The largest absolute Gasteiger partial charge is 0.493 e. The first kappa shape index (κ1) is 12.0. The fourth-order valence-corrected chi connectivity index (χ4v) is 1.12. The lowest BCUT2D eigenvalue weighted by Crippen LogP contribution is -2.21. The molecule has 0 aromatic heterocycles. The van der Waals surface area contributed by atoms with E-state index < -0.39 is 6.10 Å². The molecule has 0 aliphatic rings. The summed E-state index contributed by atoms with van der Waals surface area (Å²) >= 11 is 0. The molecule has 0 bridgehead atoms. The van der Waals surface area contributed by atoms with E-state index in [-0.39, 0.29) is 13.2 Å². The highest BCUT2D eigenvalue weighted by Crippen LogP contribution is 2.12. The maximum Gasteiger partial charge on any atom is 0.119 e. The standard InChI is InChI=1S/C11H17NO3/c12-7-10(14)5-6-15-11-3-1-9(8-13)2-4-11/h1-4,10,13-14H,5-8,12H2. The normalized spacial score (nSPS) is 12.5. The maximum atomic E-state index is 9.18. The van der Waals surface area contributed by atoms with E-state index in [1.54, 1.807) is 24.3 Å². The van der Waals surface area contributed by atoms with Crippen LogP contribution in [0, 0.1) is 0 Å². The van der Waals surface area contributed by atoms with Gasteiger partial charge in [0.2, 0.25) is 0 Å². The van der Waals surface area contributed by atoms with Crippen LogP contribution in [0.25, 0.3) is 0 Å². The van der Waals surface area contributed by atoms with Crippen molar-refractivity contribution in [3.63, 3.8) is 0 Å². The first-order valence-corrected chi connectivity index (χ1v) is 4.97. The Kier molecular flexibility index (Phi) is 5.10. The number of hydrogen-bond donors (Lipinski definition) is 3. The van der Waals surface area contributed by atoms with Crippen LogP contribution >= 0.6 is 0 Å². The number of nitrogens with two attached hydrogens (primary N) is 1. The molecular formula is C11H17NO3. The molecule has 4 heteroatoms. The molecule has 15 heavy (non-hydrogen) atoms. The van der Waals surface area contributed by atoms with Gasteiger partial charge < -0.3 is 20.7 Å². The van der Waals surface area contributed by atoms with Gasteiger partial charge in [-0.05, 0) is 17.7 Å². The predicted octanol–water partition coefficient (Wildman–Crippen LogP) is 0.267. The molecule has 1 aromatic carbocycles. The minimum absolute atomic E-state index is 0.0339. The summed E-state index contributed by atoms with van der Waals surface area (Å²) in [5.41, 5.74) is 6.11. The van der Waals surface area contributed by atoms with Crippen molar-refractivity contribution in [1.29, 1.82) is 0 Å². The van der Waals surface area contributed by atoms with Crippen LogP contribution in [0.5, 0.6) is 5.75 Å². The summed E-state index contributed by atoms with van der Waals surface area (Å²) < 4.78 is 5.38. The van der Waals surface area contributed by atoms with Gasteiger partial charge in [0.15, 0.2) is 0 Å². The second-order valence-corrected chi connectivity index (χ2v) is 3.33. The van der Waals surface area contributed by atoms with E-state index in [4.69, 9.17) is 15.6 Å². The van der Waals surface area contributed by atoms with Gasteiger partial charge >= 0.3 is 0 Å².